The number of morpholine rings is 1. The van der Waals surface area contributed by atoms with E-state index in [-0.39, 0.29) is 22.9 Å². The van der Waals surface area contributed by atoms with Crippen molar-refractivity contribution in [1.29, 1.82) is 0 Å². The summed E-state index contributed by atoms with van der Waals surface area (Å²) in [4.78, 5) is 17.3. The lowest BCUT2D eigenvalue weighted by molar-refractivity contribution is 0.0342. The summed E-state index contributed by atoms with van der Waals surface area (Å²) in [5.74, 6) is 0.773. The number of carbonyl (C=O) groups is 1. The molecule has 0 radical (unpaired) electrons. The number of carbonyl (C=O) groups excluding carboxylic acids is 1. The Bertz CT molecular complexity index is 1110. The third-order valence-corrected chi connectivity index (χ3v) is 8.18. The van der Waals surface area contributed by atoms with E-state index in [0.29, 0.717) is 24.8 Å². The van der Waals surface area contributed by atoms with Crippen molar-refractivity contribution in [3.63, 3.8) is 0 Å². The Balaban J connectivity index is 1.41. The molecule has 4 rings (SSSR count). The Kier molecular flexibility index (Phi) is 8.43. The van der Waals surface area contributed by atoms with Crippen LogP contribution in [-0.4, -0.2) is 70.6 Å². The van der Waals surface area contributed by atoms with Gasteiger partial charge < -0.3 is 14.4 Å². The summed E-state index contributed by atoms with van der Waals surface area (Å²) >= 11 is 0. The van der Waals surface area contributed by atoms with Crippen molar-refractivity contribution in [1.82, 2.24) is 14.5 Å². The number of likely N-dealkylation sites (tertiary alicyclic amines) is 1. The average Bonchev–Trinajstić information content (AvgIpc) is 2.88. The Morgan fingerprint density at radius 2 is 1.69 bits per heavy atom. The molecule has 0 unspecified atom stereocenters. The first-order valence-corrected chi connectivity index (χ1v) is 13.7. The second-order valence-corrected chi connectivity index (χ2v) is 11.1. The highest BCUT2D eigenvalue weighted by molar-refractivity contribution is 7.89. The number of amides is 1. The van der Waals surface area contributed by atoms with Crippen molar-refractivity contribution >= 4 is 15.9 Å². The van der Waals surface area contributed by atoms with Gasteiger partial charge in [-0.1, -0.05) is 31.2 Å². The lowest BCUT2D eigenvalue weighted by atomic mass is 9.98. The Hall–Kier alpha value is -2.46. The van der Waals surface area contributed by atoms with E-state index < -0.39 is 10.0 Å². The number of sulfonamides is 1. The molecule has 190 valence electrons. The third-order valence-electron chi connectivity index (χ3n) is 6.78. The second-order valence-electron chi connectivity index (χ2n) is 9.37. The molecule has 0 aromatic heterocycles. The summed E-state index contributed by atoms with van der Waals surface area (Å²) in [6.45, 7) is 7.90. The fraction of sp³-hybridized carbons (Fsp3) is 0.500. The maximum Gasteiger partial charge on any atom is 0.257 e. The zero-order valence-corrected chi connectivity index (χ0v) is 21.4. The Labute approximate surface area is 208 Å². The zero-order valence-electron chi connectivity index (χ0n) is 20.5. The summed E-state index contributed by atoms with van der Waals surface area (Å²) in [6.07, 6.45) is 1.89. The minimum Gasteiger partial charge on any atom is -0.496 e. The van der Waals surface area contributed by atoms with Gasteiger partial charge in [0, 0.05) is 39.3 Å². The van der Waals surface area contributed by atoms with E-state index in [4.69, 9.17) is 9.47 Å². The van der Waals surface area contributed by atoms with Crippen LogP contribution in [0.5, 0.6) is 5.75 Å². The van der Waals surface area contributed by atoms with Gasteiger partial charge in [0.1, 0.15) is 5.75 Å². The number of rotatable bonds is 8. The summed E-state index contributed by atoms with van der Waals surface area (Å²) in [5, 5.41) is 0. The van der Waals surface area contributed by atoms with Crippen LogP contribution in [0.2, 0.25) is 0 Å². The standard InChI is InChI=1S/C26H35N3O5S/c1-20-9-11-29(12-10-20)26(30)24-17-23(7-8-25(24)33-2)35(31,32)27-18-21-3-5-22(6-4-21)19-28-13-15-34-16-14-28/h3-8,17,20,27H,9-16,18-19H2,1-2H3. The molecule has 8 nitrogen and oxygen atoms in total. The third kappa shape index (κ3) is 6.61. The molecule has 0 saturated carbocycles. The summed E-state index contributed by atoms with van der Waals surface area (Å²) in [6, 6.07) is 12.4. The molecule has 2 heterocycles. The van der Waals surface area contributed by atoms with Gasteiger partial charge in [-0.05, 0) is 48.1 Å². The minimum absolute atomic E-state index is 0.0518. The predicted molar refractivity (Wildman–Crippen MR) is 134 cm³/mol. The van der Waals surface area contributed by atoms with Gasteiger partial charge in [0.15, 0.2) is 0 Å². The molecule has 0 spiro atoms. The zero-order chi connectivity index (χ0) is 24.8. The molecule has 2 aromatic rings. The Morgan fingerprint density at radius 3 is 2.34 bits per heavy atom. The van der Waals surface area contributed by atoms with E-state index in [0.717, 1.165) is 51.3 Å². The fourth-order valence-corrected chi connectivity index (χ4v) is 5.49. The van der Waals surface area contributed by atoms with Crippen molar-refractivity contribution in [3.8, 4) is 5.75 Å². The first kappa shape index (κ1) is 25.6. The van der Waals surface area contributed by atoms with Gasteiger partial charge in [-0.3, -0.25) is 9.69 Å². The summed E-state index contributed by atoms with van der Waals surface area (Å²) < 4.78 is 39.5. The number of piperidine rings is 1. The van der Waals surface area contributed by atoms with Crippen LogP contribution in [0, 0.1) is 5.92 Å². The van der Waals surface area contributed by atoms with Gasteiger partial charge in [-0.2, -0.15) is 0 Å². The monoisotopic (exact) mass is 501 g/mol. The maximum atomic E-state index is 13.1. The SMILES string of the molecule is COc1ccc(S(=O)(=O)NCc2ccc(CN3CCOCC3)cc2)cc1C(=O)N1CCC(C)CC1. The van der Waals surface area contributed by atoms with Crippen molar-refractivity contribution < 1.29 is 22.7 Å². The van der Waals surface area contributed by atoms with Crippen molar-refractivity contribution in [2.24, 2.45) is 5.92 Å². The van der Waals surface area contributed by atoms with E-state index in [1.807, 2.05) is 24.3 Å². The normalized spacial score (nSPS) is 17.9. The van der Waals surface area contributed by atoms with E-state index in [1.165, 1.54) is 24.8 Å². The van der Waals surface area contributed by atoms with Gasteiger partial charge in [-0.25, -0.2) is 13.1 Å². The number of hydrogen-bond acceptors (Lipinski definition) is 6. The van der Waals surface area contributed by atoms with Gasteiger partial charge in [0.2, 0.25) is 10.0 Å². The highest BCUT2D eigenvalue weighted by atomic mass is 32.2. The molecule has 2 aromatic carbocycles. The molecule has 2 fully saturated rings. The minimum atomic E-state index is -3.81. The maximum absolute atomic E-state index is 13.1. The van der Waals surface area contributed by atoms with Crippen LogP contribution >= 0.6 is 0 Å². The van der Waals surface area contributed by atoms with Crippen molar-refractivity contribution in [3.05, 3.63) is 59.2 Å². The van der Waals surface area contributed by atoms with Crippen LogP contribution in [0.1, 0.15) is 41.3 Å². The molecule has 0 bridgehead atoms. The molecule has 0 aliphatic carbocycles. The molecule has 2 aliphatic heterocycles. The first-order chi connectivity index (χ1) is 16.9. The van der Waals surface area contributed by atoms with Crippen molar-refractivity contribution in [2.45, 2.75) is 37.8 Å². The van der Waals surface area contributed by atoms with Gasteiger partial charge in [0.05, 0.1) is 30.8 Å². The van der Waals surface area contributed by atoms with Crippen LogP contribution in [0.4, 0.5) is 0 Å². The molecule has 2 saturated heterocycles. The lowest BCUT2D eigenvalue weighted by Gasteiger charge is -2.30. The molecule has 1 N–H and O–H groups in total. The largest absolute Gasteiger partial charge is 0.496 e. The van der Waals surface area contributed by atoms with E-state index in [1.54, 1.807) is 11.0 Å². The number of nitrogens with one attached hydrogen (secondary N) is 1. The van der Waals surface area contributed by atoms with Crippen LogP contribution in [-0.2, 0) is 27.8 Å². The summed E-state index contributed by atoms with van der Waals surface area (Å²) in [7, 11) is -2.32. The van der Waals surface area contributed by atoms with E-state index >= 15 is 0 Å². The number of benzene rings is 2. The number of nitrogens with zero attached hydrogens (tertiary/aromatic N) is 2. The molecule has 1 amide bonds. The topological polar surface area (TPSA) is 88.2 Å². The molecule has 0 atom stereocenters. The lowest BCUT2D eigenvalue weighted by Crippen LogP contribution is -2.38. The second kappa shape index (κ2) is 11.5. The Morgan fingerprint density at radius 1 is 1.03 bits per heavy atom. The first-order valence-electron chi connectivity index (χ1n) is 12.2. The highest BCUT2D eigenvalue weighted by Crippen LogP contribution is 2.26. The van der Waals surface area contributed by atoms with Crippen LogP contribution in [0.3, 0.4) is 0 Å². The fourth-order valence-electron chi connectivity index (χ4n) is 4.45. The average molecular weight is 502 g/mol. The van der Waals surface area contributed by atoms with Crippen molar-refractivity contribution in [2.75, 3.05) is 46.5 Å². The van der Waals surface area contributed by atoms with Gasteiger partial charge in [0.25, 0.3) is 5.91 Å². The van der Waals surface area contributed by atoms with E-state index in [9.17, 15) is 13.2 Å². The van der Waals surface area contributed by atoms with Gasteiger partial charge >= 0.3 is 0 Å². The van der Waals surface area contributed by atoms with E-state index in [2.05, 4.69) is 16.5 Å². The molecular formula is C26H35N3O5S. The molecule has 2 aliphatic rings. The summed E-state index contributed by atoms with van der Waals surface area (Å²) in [5.41, 5.74) is 2.33. The smallest absolute Gasteiger partial charge is 0.257 e. The van der Waals surface area contributed by atoms with Crippen LogP contribution in [0.25, 0.3) is 0 Å². The number of hydrogen-bond donors (Lipinski definition) is 1. The molecular weight excluding hydrogens is 466 g/mol. The van der Waals surface area contributed by atoms with Crippen LogP contribution in [0.15, 0.2) is 47.4 Å². The van der Waals surface area contributed by atoms with Crippen LogP contribution < -0.4 is 9.46 Å². The predicted octanol–water partition coefficient (Wildman–Crippen LogP) is 2.88. The molecule has 35 heavy (non-hydrogen) atoms. The number of ether oxygens (including phenoxy) is 2. The molecule has 9 heteroatoms. The number of methoxy groups -OCH3 is 1. The quantitative estimate of drug-likeness (QED) is 0.599. The van der Waals surface area contributed by atoms with Gasteiger partial charge in [-0.15, -0.1) is 0 Å². The highest BCUT2D eigenvalue weighted by Gasteiger charge is 2.26.